The number of methoxy groups -OCH3 is 1. The predicted molar refractivity (Wildman–Crippen MR) is 89.6 cm³/mol. The summed E-state index contributed by atoms with van der Waals surface area (Å²) in [5, 5.41) is 0. The highest BCUT2D eigenvalue weighted by Gasteiger charge is 2.11. The van der Waals surface area contributed by atoms with Crippen molar-refractivity contribution >= 4 is 17.9 Å². The molecule has 0 spiro atoms. The second kappa shape index (κ2) is 7.92. The van der Waals surface area contributed by atoms with Crippen LogP contribution < -0.4 is 9.47 Å². The Kier molecular flexibility index (Phi) is 5.68. The van der Waals surface area contributed by atoms with Crippen LogP contribution in [-0.2, 0) is 9.53 Å². The molecule has 0 fully saturated rings. The fourth-order valence-electron chi connectivity index (χ4n) is 1.80. The van der Waals surface area contributed by atoms with E-state index in [1.165, 1.54) is 55.6 Å². The second-order valence-electron chi connectivity index (χ2n) is 5.10. The molecule has 0 radical (unpaired) electrons. The van der Waals surface area contributed by atoms with E-state index in [1.807, 2.05) is 0 Å². The van der Waals surface area contributed by atoms with E-state index in [0.717, 1.165) is 0 Å². The molecule has 0 bridgehead atoms. The minimum atomic E-state index is -0.580. The summed E-state index contributed by atoms with van der Waals surface area (Å²) in [6.45, 7) is 5.03. The highest BCUT2D eigenvalue weighted by Crippen LogP contribution is 2.17. The van der Waals surface area contributed by atoms with Crippen molar-refractivity contribution in [2.75, 3.05) is 7.11 Å². The summed E-state index contributed by atoms with van der Waals surface area (Å²) >= 11 is 0. The molecule has 0 aliphatic carbocycles. The number of hydrogen-bond acceptors (Lipinski definition) is 6. The van der Waals surface area contributed by atoms with Crippen molar-refractivity contribution in [3.8, 4) is 11.5 Å². The standard InChI is InChI=1S/C19H16O6/c1-12(2)17(20)24-15-10-6-14(7-11-15)19(22)25-16-8-4-13(5-9-16)18(21)23-3/h4-11H,1H2,2-3H3. The highest BCUT2D eigenvalue weighted by molar-refractivity contribution is 5.92. The van der Waals surface area contributed by atoms with E-state index in [1.54, 1.807) is 6.92 Å². The molecule has 6 nitrogen and oxygen atoms in total. The van der Waals surface area contributed by atoms with E-state index in [9.17, 15) is 14.4 Å². The van der Waals surface area contributed by atoms with Crippen LogP contribution in [-0.4, -0.2) is 25.0 Å². The molecule has 0 N–H and O–H groups in total. The van der Waals surface area contributed by atoms with E-state index < -0.39 is 17.9 Å². The van der Waals surface area contributed by atoms with Gasteiger partial charge in [0.2, 0.25) is 0 Å². The van der Waals surface area contributed by atoms with Gasteiger partial charge in [-0.05, 0) is 55.5 Å². The van der Waals surface area contributed by atoms with E-state index in [0.29, 0.717) is 11.3 Å². The summed E-state index contributed by atoms with van der Waals surface area (Å²) in [6, 6.07) is 11.9. The Bertz CT molecular complexity index is 803. The molecule has 2 rings (SSSR count). The minimum Gasteiger partial charge on any atom is -0.465 e. The van der Waals surface area contributed by atoms with E-state index in [-0.39, 0.29) is 16.9 Å². The first-order valence-corrected chi connectivity index (χ1v) is 7.29. The fourth-order valence-corrected chi connectivity index (χ4v) is 1.80. The monoisotopic (exact) mass is 340 g/mol. The molecule has 0 saturated carbocycles. The Morgan fingerprint density at radius 2 is 1.20 bits per heavy atom. The van der Waals surface area contributed by atoms with Crippen molar-refractivity contribution in [2.45, 2.75) is 6.92 Å². The molecule has 0 atom stereocenters. The average molecular weight is 340 g/mol. The molecular weight excluding hydrogens is 324 g/mol. The van der Waals surface area contributed by atoms with Gasteiger partial charge in [0.05, 0.1) is 18.2 Å². The fraction of sp³-hybridized carbons (Fsp3) is 0.105. The third-order valence-corrected chi connectivity index (χ3v) is 3.13. The molecule has 0 saturated heterocycles. The summed E-state index contributed by atoms with van der Waals surface area (Å²) in [5.74, 6) is -1.01. The summed E-state index contributed by atoms with van der Waals surface area (Å²) in [7, 11) is 1.29. The van der Waals surface area contributed by atoms with Gasteiger partial charge in [0.15, 0.2) is 0 Å². The summed E-state index contributed by atoms with van der Waals surface area (Å²) in [4.78, 5) is 34.9. The summed E-state index contributed by atoms with van der Waals surface area (Å²) in [6.07, 6.45) is 0. The van der Waals surface area contributed by atoms with Crippen molar-refractivity contribution in [3.05, 3.63) is 71.8 Å². The van der Waals surface area contributed by atoms with Gasteiger partial charge in [-0.25, -0.2) is 14.4 Å². The zero-order valence-electron chi connectivity index (χ0n) is 13.8. The number of carbonyl (C=O) groups is 3. The van der Waals surface area contributed by atoms with Gasteiger partial charge in [-0.15, -0.1) is 0 Å². The van der Waals surface area contributed by atoms with Gasteiger partial charge in [0, 0.05) is 5.57 Å². The first-order chi connectivity index (χ1) is 11.9. The minimum absolute atomic E-state index is 0.277. The summed E-state index contributed by atoms with van der Waals surface area (Å²) in [5.41, 5.74) is 0.914. The average Bonchev–Trinajstić information content (AvgIpc) is 2.62. The van der Waals surface area contributed by atoms with Crippen LogP contribution in [0.4, 0.5) is 0 Å². The summed E-state index contributed by atoms with van der Waals surface area (Å²) < 4.78 is 14.8. The Labute approximate surface area is 144 Å². The maximum absolute atomic E-state index is 12.1. The van der Waals surface area contributed by atoms with Gasteiger partial charge in [-0.1, -0.05) is 6.58 Å². The highest BCUT2D eigenvalue weighted by atomic mass is 16.5. The first-order valence-electron chi connectivity index (χ1n) is 7.29. The van der Waals surface area contributed by atoms with Gasteiger partial charge in [-0.3, -0.25) is 0 Å². The molecule has 0 aliphatic rings. The Balaban J connectivity index is 2.02. The lowest BCUT2D eigenvalue weighted by atomic mass is 10.2. The largest absolute Gasteiger partial charge is 0.465 e. The van der Waals surface area contributed by atoms with Crippen LogP contribution in [0.5, 0.6) is 11.5 Å². The zero-order valence-corrected chi connectivity index (χ0v) is 13.8. The lowest BCUT2D eigenvalue weighted by Crippen LogP contribution is -2.10. The molecule has 2 aromatic rings. The van der Waals surface area contributed by atoms with Crippen molar-refractivity contribution < 1.29 is 28.6 Å². The Morgan fingerprint density at radius 3 is 1.64 bits per heavy atom. The molecule has 25 heavy (non-hydrogen) atoms. The van der Waals surface area contributed by atoms with Crippen molar-refractivity contribution in [2.24, 2.45) is 0 Å². The molecule has 0 heterocycles. The van der Waals surface area contributed by atoms with Crippen LogP contribution in [0, 0.1) is 0 Å². The number of rotatable bonds is 5. The first kappa shape index (κ1) is 17.9. The maximum atomic E-state index is 12.1. The van der Waals surface area contributed by atoms with Gasteiger partial charge in [0.1, 0.15) is 11.5 Å². The molecular formula is C19H16O6. The third-order valence-electron chi connectivity index (χ3n) is 3.13. The normalized spacial score (nSPS) is 9.84. The van der Waals surface area contributed by atoms with Gasteiger partial charge < -0.3 is 14.2 Å². The number of benzene rings is 2. The van der Waals surface area contributed by atoms with Crippen molar-refractivity contribution in [3.63, 3.8) is 0 Å². The van der Waals surface area contributed by atoms with Gasteiger partial charge >= 0.3 is 17.9 Å². The molecule has 0 aliphatic heterocycles. The lowest BCUT2D eigenvalue weighted by Gasteiger charge is -2.07. The second-order valence-corrected chi connectivity index (χ2v) is 5.10. The predicted octanol–water partition coefficient (Wildman–Crippen LogP) is 3.17. The van der Waals surface area contributed by atoms with Crippen molar-refractivity contribution in [1.29, 1.82) is 0 Å². The molecule has 128 valence electrons. The molecule has 2 aromatic carbocycles. The topological polar surface area (TPSA) is 78.9 Å². The number of hydrogen-bond donors (Lipinski definition) is 0. The van der Waals surface area contributed by atoms with Crippen LogP contribution in [0.3, 0.4) is 0 Å². The Morgan fingerprint density at radius 1 is 0.760 bits per heavy atom. The van der Waals surface area contributed by atoms with Gasteiger partial charge in [-0.2, -0.15) is 0 Å². The Hall–Kier alpha value is -3.41. The van der Waals surface area contributed by atoms with Crippen LogP contribution in [0.2, 0.25) is 0 Å². The maximum Gasteiger partial charge on any atom is 0.343 e. The van der Waals surface area contributed by atoms with E-state index >= 15 is 0 Å². The van der Waals surface area contributed by atoms with Gasteiger partial charge in [0.25, 0.3) is 0 Å². The molecule has 6 heteroatoms. The van der Waals surface area contributed by atoms with E-state index in [4.69, 9.17) is 9.47 Å². The van der Waals surface area contributed by atoms with Crippen LogP contribution >= 0.6 is 0 Å². The number of esters is 3. The molecule has 0 unspecified atom stereocenters. The SMILES string of the molecule is C=C(C)C(=O)Oc1ccc(C(=O)Oc2ccc(C(=O)OC)cc2)cc1. The lowest BCUT2D eigenvalue weighted by molar-refractivity contribution is -0.130. The number of carbonyl (C=O) groups excluding carboxylic acids is 3. The molecule has 0 amide bonds. The molecule has 0 aromatic heterocycles. The van der Waals surface area contributed by atoms with Crippen LogP contribution in [0.25, 0.3) is 0 Å². The smallest absolute Gasteiger partial charge is 0.343 e. The number of ether oxygens (including phenoxy) is 3. The van der Waals surface area contributed by atoms with Crippen LogP contribution in [0.1, 0.15) is 27.6 Å². The van der Waals surface area contributed by atoms with E-state index in [2.05, 4.69) is 11.3 Å². The quantitative estimate of drug-likeness (QED) is 0.472. The van der Waals surface area contributed by atoms with Crippen molar-refractivity contribution in [1.82, 2.24) is 0 Å². The van der Waals surface area contributed by atoms with Crippen LogP contribution in [0.15, 0.2) is 60.7 Å². The third kappa shape index (κ3) is 4.78. The zero-order chi connectivity index (χ0) is 18.4.